The Balaban J connectivity index is 2.08. The van der Waals surface area contributed by atoms with E-state index in [1.54, 1.807) is 0 Å². The first kappa shape index (κ1) is 20.9. The van der Waals surface area contributed by atoms with E-state index in [1.165, 1.54) is 16.5 Å². The fourth-order valence-electron chi connectivity index (χ4n) is 4.16. The normalized spacial score (nSPS) is 12.5. The number of rotatable bonds is 6. The van der Waals surface area contributed by atoms with Crippen LogP contribution in [0.1, 0.15) is 63.4 Å². The number of hydrogen-bond acceptors (Lipinski definition) is 2. The largest absolute Gasteiger partial charge is 0.454 e. The standard InChI is InChI=1S/C28H30N2O/c1-7-8-9-12-20(6)28-29-15-16-30(28)26-23(19(4)5)17-22(18(2)3)25-21-13-10-11-14-24(21)31-27(25)26/h7-19H,6H2,1-5H3/b8-7-,12-9-. The summed E-state index contributed by atoms with van der Waals surface area (Å²) in [5, 5.41) is 2.35. The van der Waals surface area contributed by atoms with Crippen molar-refractivity contribution in [2.45, 2.75) is 46.5 Å². The highest BCUT2D eigenvalue weighted by molar-refractivity contribution is 6.10. The van der Waals surface area contributed by atoms with Crippen LogP contribution in [0.5, 0.6) is 0 Å². The maximum absolute atomic E-state index is 6.51. The summed E-state index contributed by atoms with van der Waals surface area (Å²) in [7, 11) is 0. The smallest absolute Gasteiger partial charge is 0.160 e. The number of benzene rings is 2. The van der Waals surface area contributed by atoms with Gasteiger partial charge in [0.15, 0.2) is 5.58 Å². The van der Waals surface area contributed by atoms with E-state index in [9.17, 15) is 0 Å². The molecule has 3 nitrogen and oxygen atoms in total. The molecule has 0 saturated carbocycles. The van der Waals surface area contributed by atoms with Crippen LogP contribution in [0.4, 0.5) is 0 Å². The molecular weight excluding hydrogens is 380 g/mol. The Bertz CT molecular complexity index is 1310. The molecule has 0 radical (unpaired) electrons. The van der Waals surface area contributed by atoms with Crippen molar-refractivity contribution in [2.24, 2.45) is 0 Å². The molecule has 0 aliphatic rings. The van der Waals surface area contributed by atoms with E-state index >= 15 is 0 Å². The van der Waals surface area contributed by atoms with Gasteiger partial charge in [-0.05, 0) is 36.0 Å². The topological polar surface area (TPSA) is 31.0 Å². The number of nitrogens with zero attached hydrogens (tertiary/aromatic N) is 2. The Kier molecular flexibility index (Phi) is 5.69. The molecule has 0 aliphatic carbocycles. The lowest BCUT2D eigenvalue weighted by Gasteiger charge is -2.20. The summed E-state index contributed by atoms with van der Waals surface area (Å²) in [6.07, 6.45) is 11.8. The monoisotopic (exact) mass is 410 g/mol. The first-order valence-electron chi connectivity index (χ1n) is 10.9. The van der Waals surface area contributed by atoms with Crippen molar-refractivity contribution in [3.05, 3.63) is 90.6 Å². The first-order chi connectivity index (χ1) is 14.9. The lowest BCUT2D eigenvalue weighted by Crippen LogP contribution is -2.06. The molecule has 0 fully saturated rings. The second-order valence-electron chi connectivity index (χ2n) is 8.55. The number of allylic oxidation sites excluding steroid dienone is 5. The molecule has 0 amide bonds. The highest BCUT2D eigenvalue weighted by atomic mass is 16.3. The molecule has 4 rings (SSSR count). The number of furan rings is 1. The van der Waals surface area contributed by atoms with E-state index in [-0.39, 0.29) is 0 Å². The quantitative estimate of drug-likeness (QED) is 0.300. The third kappa shape index (κ3) is 3.65. The molecule has 4 aromatic rings. The second kappa shape index (κ2) is 8.43. The Morgan fingerprint density at radius 2 is 1.81 bits per heavy atom. The lowest BCUT2D eigenvalue weighted by molar-refractivity contribution is 0.661. The van der Waals surface area contributed by atoms with Gasteiger partial charge < -0.3 is 4.42 Å². The van der Waals surface area contributed by atoms with Gasteiger partial charge in [0.1, 0.15) is 11.4 Å². The molecule has 31 heavy (non-hydrogen) atoms. The zero-order valence-corrected chi connectivity index (χ0v) is 19.0. The van der Waals surface area contributed by atoms with E-state index in [4.69, 9.17) is 4.42 Å². The minimum Gasteiger partial charge on any atom is -0.454 e. The molecule has 0 saturated heterocycles. The van der Waals surface area contributed by atoms with Crippen LogP contribution in [0.2, 0.25) is 0 Å². The minimum absolute atomic E-state index is 0.326. The third-order valence-electron chi connectivity index (χ3n) is 5.70. The van der Waals surface area contributed by atoms with Crippen molar-refractivity contribution in [1.82, 2.24) is 9.55 Å². The van der Waals surface area contributed by atoms with Crippen molar-refractivity contribution in [3.63, 3.8) is 0 Å². The summed E-state index contributed by atoms with van der Waals surface area (Å²) >= 11 is 0. The molecule has 158 valence electrons. The third-order valence-corrected chi connectivity index (χ3v) is 5.70. The van der Waals surface area contributed by atoms with E-state index in [1.807, 2.05) is 55.8 Å². The van der Waals surface area contributed by atoms with Gasteiger partial charge >= 0.3 is 0 Å². The van der Waals surface area contributed by atoms with Crippen molar-refractivity contribution in [1.29, 1.82) is 0 Å². The molecule has 0 unspecified atom stereocenters. The summed E-state index contributed by atoms with van der Waals surface area (Å²) in [4.78, 5) is 4.64. The second-order valence-corrected chi connectivity index (χ2v) is 8.55. The number of fused-ring (bicyclic) bond motifs is 3. The maximum atomic E-state index is 6.51. The van der Waals surface area contributed by atoms with Crippen molar-refractivity contribution in [2.75, 3.05) is 0 Å². The summed E-state index contributed by atoms with van der Waals surface area (Å²) < 4.78 is 8.65. The van der Waals surface area contributed by atoms with Crippen molar-refractivity contribution >= 4 is 27.5 Å². The van der Waals surface area contributed by atoms with Gasteiger partial charge in [-0.25, -0.2) is 4.98 Å². The van der Waals surface area contributed by atoms with E-state index in [0.29, 0.717) is 11.8 Å². The predicted octanol–water partition coefficient (Wildman–Crippen LogP) is 8.16. The molecule has 0 atom stereocenters. The SMILES string of the molecule is C=C(/C=C\C=C/C)c1nccn1-c1c(C(C)C)cc(C(C)C)c2c1oc1ccccc12. The van der Waals surface area contributed by atoms with Crippen LogP contribution >= 0.6 is 0 Å². The van der Waals surface area contributed by atoms with Crippen LogP contribution in [0, 0.1) is 0 Å². The number of para-hydroxylation sites is 1. The fourth-order valence-corrected chi connectivity index (χ4v) is 4.16. The van der Waals surface area contributed by atoms with Gasteiger partial charge in [0, 0.05) is 28.7 Å². The molecule has 3 heteroatoms. The molecule has 0 aliphatic heterocycles. The zero-order chi connectivity index (χ0) is 22.1. The van der Waals surface area contributed by atoms with Gasteiger partial charge in [-0.2, -0.15) is 0 Å². The molecule has 0 N–H and O–H groups in total. The van der Waals surface area contributed by atoms with Gasteiger partial charge in [0.2, 0.25) is 0 Å². The maximum Gasteiger partial charge on any atom is 0.160 e. The van der Waals surface area contributed by atoms with Crippen LogP contribution in [-0.2, 0) is 0 Å². The van der Waals surface area contributed by atoms with Crippen LogP contribution < -0.4 is 0 Å². The zero-order valence-electron chi connectivity index (χ0n) is 19.0. The van der Waals surface area contributed by atoms with Gasteiger partial charge in [-0.1, -0.05) is 82.8 Å². The van der Waals surface area contributed by atoms with E-state index < -0.39 is 0 Å². The summed E-state index contributed by atoms with van der Waals surface area (Å²) in [5.41, 5.74) is 6.31. The minimum atomic E-state index is 0.326. The molecule has 2 heterocycles. The lowest BCUT2D eigenvalue weighted by atomic mass is 9.90. The van der Waals surface area contributed by atoms with Crippen LogP contribution in [0.15, 0.2) is 78.0 Å². The Labute approximate surface area is 184 Å². The Morgan fingerprint density at radius 1 is 1.06 bits per heavy atom. The molecular formula is C28H30N2O. The van der Waals surface area contributed by atoms with Crippen LogP contribution in [0.25, 0.3) is 33.2 Å². The average molecular weight is 411 g/mol. The first-order valence-corrected chi connectivity index (χ1v) is 10.9. The van der Waals surface area contributed by atoms with Gasteiger partial charge in [-0.15, -0.1) is 0 Å². The van der Waals surface area contributed by atoms with E-state index in [0.717, 1.165) is 33.6 Å². The molecule has 2 aromatic heterocycles. The predicted molar refractivity (Wildman–Crippen MR) is 132 cm³/mol. The number of hydrogen-bond donors (Lipinski definition) is 0. The van der Waals surface area contributed by atoms with Crippen LogP contribution in [0.3, 0.4) is 0 Å². The van der Waals surface area contributed by atoms with Gasteiger partial charge in [-0.3, -0.25) is 4.57 Å². The van der Waals surface area contributed by atoms with Gasteiger partial charge in [0.25, 0.3) is 0 Å². The average Bonchev–Trinajstić information content (AvgIpc) is 3.37. The van der Waals surface area contributed by atoms with Gasteiger partial charge in [0.05, 0.1) is 5.69 Å². The molecule has 2 aromatic carbocycles. The van der Waals surface area contributed by atoms with E-state index in [2.05, 4.69) is 62.0 Å². The highest BCUT2D eigenvalue weighted by Crippen LogP contribution is 2.42. The van der Waals surface area contributed by atoms with Crippen LogP contribution in [-0.4, -0.2) is 9.55 Å². The number of aromatic nitrogens is 2. The Hall–Kier alpha value is -3.33. The Morgan fingerprint density at radius 3 is 2.52 bits per heavy atom. The van der Waals surface area contributed by atoms with Crippen molar-refractivity contribution < 1.29 is 4.42 Å². The highest BCUT2D eigenvalue weighted by Gasteiger charge is 2.24. The van der Waals surface area contributed by atoms with Crippen molar-refractivity contribution in [3.8, 4) is 5.69 Å². The summed E-state index contributed by atoms with van der Waals surface area (Å²) in [5.74, 6) is 1.53. The fraction of sp³-hybridized carbons (Fsp3) is 0.250. The number of imidazole rings is 1. The molecule has 0 bridgehead atoms. The summed E-state index contributed by atoms with van der Waals surface area (Å²) in [6.45, 7) is 15.2. The summed E-state index contributed by atoms with van der Waals surface area (Å²) in [6, 6.07) is 10.7. The molecule has 0 spiro atoms.